The van der Waals surface area contributed by atoms with Crippen molar-refractivity contribution in [2.75, 3.05) is 18.4 Å². The van der Waals surface area contributed by atoms with Gasteiger partial charge in [-0.05, 0) is 43.4 Å². The zero-order valence-corrected chi connectivity index (χ0v) is 11.7. The van der Waals surface area contributed by atoms with Gasteiger partial charge < -0.3 is 10.2 Å². The van der Waals surface area contributed by atoms with Gasteiger partial charge in [-0.15, -0.1) is 0 Å². The Labute approximate surface area is 118 Å². The third-order valence-corrected chi connectivity index (χ3v) is 3.65. The maximum Gasteiger partial charge on any atom is 0.321 e. The third-order valence-electron chi connectivity index (χ3n) is 3.65. The highest BCUT2D eigenvalue weighted by Gasteiger charge is 2.26. The van der Waals surface area contributed by atoms with E-state index in [1.807, 2.05) is 23.1 Å². The number of rotatable bonds is 5. The summed E-state index contributed by atoms with van der Waals surface area (Å²) in [5, 5.41) is 10.9. The molecule has 1 fully saturated rings. The summed E-state index contributed by atoms with van der Waals surface area (Å²) in [5.41, 5.74) is 1.80. The molecule has 1 aromatic carbocycles. The first-order valence-electron chi connectivity index (χ1n) is 7.25. The highest BCUT2D eigenvalue weighted by atomic mass is 16.2. The van der Waals surface area contributed by atoms with Crippen LogP contribution in [0.5, 0.6) is 0 Å². The fourth-order valence-corrected chi connectivity index (χ4v) is 2.38. The van der Waals surface area contributed by atoms with Gasteiger partial charge in [-0.25, -0.2) is 4.79 Å². The fraction of sp³-hybridized carbons (Fsp3) is 0.467. The van der Waals surface area contributed by atoms with Crippen LogP contribution in [0.4, 0.5) is 10.5 Å². The zero-order chi connectivity index (χ0) is 13.9. The summed E-state index contributed by atoms with van der Waals surface area (Å²) in [5.74, 6) is 0.712. The van der Waals surface area contributed by atoms with Crippen LogP contribution >= 0.6 is 0 Å². The van der Waals surface area contributed by atoms with Crippen molar-refractivity contribution < 1.29 is 4.79 Å². The summed E-state index contributed by atoms with van der Waals surface area (Å²) in [6.07, 6.45) is 5.27. The average molecular weight is 272 g/mol. The van der Waals surface area contributed by atoms with E-state index in [-0.39, 0.29) is 6.03 Å². The van der Waals surface area contributed by atoms with E-state index in [0.717, 1.165) is 36.1 Å². The number of nitrogens with one attached hydrogen (secondary N) is 2. The number of hydrogen-bond donors (Lipinski definition) is 2. The predicted octanol–water partition coefficient (Wildman–Crippen LogP) is 3.22. The van der Waals surface area contributed by atoms with Crippen molar-refractivity contribution in [2.45, 2.75) is 26.2 Å². The molecule has 2 amide bonds. The van der Waals surface area contributed by atoms with Crippen LogP contribution in [0.15, 0.2) is 24.4 Å². The minimum atomic E-state index is 0.00148. The van der Waals surface area contributed by atoms with Crippen molar-refractivity contribution >= 4 is 22.6 Å². The number of carbonyl (C=O) groups excluding carboxylic acids is 1. The van der Waals surface area contributed by atoms with Crippen LogP contribution < -0.4 is 5.32 Å². The Morgan fingerprint density at radius 2 is 2.35 bits per heavy atom. The van der Waals surface area contributed by atoms with Gasteiger partial charge in [0.05, 0.1) is 11.7 Å². The summed E-state index contributed by atoms with van der Waals surface area (Å²) in [6, 6.07) is 5.78. The zero-order valence-electron chi connectivity index (χ0n) is 11.7. The number of aromatic nitrogens is 2. The number of anilines is 1. The lowest BCUT2D eigenvalue weighted by Gasteiger charge is -2.22. The minimum absolute atomic E-state index is 0.00148. The lowest BCUT2D eigenvalue weighted by Crippen LogP contribution is -2.37. The summed E-state index contributed by atoms with van der Waals surface area (Å²) in [4.78, 5) is 14.3. The minimum Gasteiger partial charge on any atom is -0.324 e. The van der Waals surface area contributed by atoms with E-state index >= 15 is 0 Å². The van der Waals surface area contributed by atoms with Crippen LogP contribution in [0, 0.1) is 5.92 Å². The van der Waals surface area contributed by atoms with E-state index < -0.39 is 0 Å². The molecule has 0 bridgehead atoms. The van der Waals surface area contributed by atoms with Crippen molar-refractivity contribution in [2.24, 2.45) is 5.92 Å². The largest absolute Gasteiger partial charge is 0.324 e. The molecule has 0 saturated heterocycles. The first-order chi connectivity index (χ1) is 9.76. The molecule has 2 aromatic rings. The molecule has 5 heteroatoms. The molecule has 1 aromatic heterocycles. The maximum absolute atomic E-state index is 12.3. The number of urea groups is 1. The number of fused-ring (bicyclic) bond motifs is 1. The fourth-order valence-electron chi connectivity index (χ4n) is 2.38. The van der Waals surface area contributed by atoms with Gasteiger partial charge in [-0.1, -0.05) is 6.92 Å². The van der Waals surface area contributed by atoms with Crippen molar-refractivity contribution in [3.05, 3.63) is 24.4 Å². The highest BCUT2D eigenvalue weighted by molar-refractivity contribution is 5.92. The molecule has 106 valence electrons. The Kier molecular flexibility index (Phi) is 3.58. The number of amides is 2. The second-order valence-electron chi connectivity index (χ2n) is 5.49. The first kappa shape index (κ1) is 13.0. The van der Waals surface area contributed by atoms with E-state index in [0.29, 0.717) is 5.92 Å². The van der Waals surface area contributed by atoms with Crippen LogP contribution in [0.2, 0.25) is 0 Å². The van der Waals surface area contributed by atoms with Gasteiger partial charge in [0, 0.05) is 24.2 Å². The molecule has 0 atom stereocenters. The SMILES string of the molecule is CCCN(CC1CC1)C(=O)Nc1ccc2[nH]ncc2c1. The summed E-state index contributed by atoms with van der Waals surface area (Å²) in [7, 11) is 0. The van der Waals surface area contributed by atoms with E-state index in [4.69, 9.17) is 0 Å². The van der Waals surface area contributed by atoms with Crippen LogP contribution in [0.1, 0.15) is 26.2 Å². The van der Waals surface area contributed by atoms with Gasteiger partial charge in [0.25, 0.3) is 0 Å². The monoisotopic (exact) mass is 272 g/mol. The molecular weight excluding hydrogens is 252 g/mol. The molecule has 2 N–H and O–H groups in total. The number of aromatic amines is 1. The van der Waals surface area contributed by atoms with Crippen LogP contribution in [0.25, 0.3) is 10.9 Å². The van der Waals surface area contributed by atoms with E-state index in [9.17, 15) is 4.79 Å². The van der Waals surface area contributed by atoms with Crippen molar-refractivity contribution in [1.29, 1.82) is 0 Å². The van der Waals surface area contributed by atoms with E-state index in [1.165, 1.54) is 12.8 Å². The number of benzene rings is 1. The number of nitrogens with zero attached hydrogens (tertiary/aromatic N) is 2. The normalized spacial score (nSPS) is 14.4. The van der Waals surface area contributed by atoms with Crippen LogP contribution in [-0.4, -0.2) is 34.2 Å². The molecule has 0 radical (unpaired) electrons. The Balaban J connectivity index is 1.68. The van der Waals surface area contributed by atoms with E-state index in [2.05, 4.69) is 22.4 Å². The summed E-state index contributed by atoms with van der Waals surface area (Å²) >= 11 is 0. The van der Waals surface area contributed by atoms with Crippen LogP contribution in [0.3, 0.4) is 0 Å². The highest BCUT2D eigenvalue weighted by Crippen LogP contribution is 2.30. The summed E-state index contributed by atoms with van der Waals surface area (Å²) in [6.45, 7) is 3.80. The molecule has 1 saturated carbocycles. The van der Waals surface area contributed by atoms with Gasteiger partial charge in [0.2, 0.25) is 0 Å². The molecular formula is C15H20N4O. The van der Waals surface area contributed by atoms with E-state index in [1.54, 1.807) is 6.20 Å². The van der Waals surface area contributed by atoms with Gasteiger partial charge in [0.1, 0.15) is 0 Å². The molecule has 0 unspecified atom stereocenters. The molecule has 1 heterocycles. The molecule has 1 aliphatic rings. The smallest absolute Gasteiger partial charge is 0.321 e. The molecule has 20 heavy (non-hydrogen) atoms. The number of H-pyrrole nitrogens is 1. The average Bonchev–Trinajstić information content (AvgIpc) is 3.13. The standard InChI is InChI=1S/C15H20N4O/c1-2-7-19(10-11-3-4-11)15(20)17-13-5-6-14-12(8-13)9-16-18-14/h5-6,8-9,11H,2-4,7,10H2,1H3,(H,16,18)(H,17,20). The van der Waals surface area contributed by atoms with Gasteiger partial charge in [-0.2, -0.15) is 5.10 Å². The number of hydrogen-bond acceptors (Lipinski definition) is 2. The Hall–Kier alpha value is -2.04. The predicted molar refractivity (Wildman–Crippen MR) is 79.7 cm³/mol. The quantitative estimate of drug-likeness (QED) is 0.878. The maximum atomic E-state index is 12.3. The molecule has 1 aliphatic carbocycles. The lowest BCUT2D eigenvalue weighted by atomic mass is 10.2. The van der Waals surface area contributed by atoms with Crippen molar-refractivity contribution in [3.8, 4) is 0 Å². The Morgan fingerprint density at radius 3 is 3.10 bits per heavy atom. The Bertz CT molecular complexity index is 603. The first-order valence-corrected chi connectivity index (χ1v) is 7.25. The molecule has 0 aliphatic heterocycles. The Morgan fingerprint density at radius 1 is 1.50 bits per heavy atom. The second kappa shape index (κ2) is 5.53. The van der Waals surface area contributed by atoms with Gasteiger partial charge >= 0.3 is 6.03 Å². The molecule has 0 spiro atoms. The van der Waals surface area contributed by atoms with Crippen molar-refractivity contribution in [1.82, 2.24) is 15.1 Å². The van der Waals surface area contributed by atoms with Crippen LogP contribution in [-0.2, 0) is 0 Å². The third kappa shape index (κ3) is 2.92. The second-order valence-corrected chi connectivity index (χ2v) is 5.49. The number of carbonyl (C=O) groups is 1. The summed E-state index contributed by atoms with van der Waals surface area (Å²) < 4.78 is 0. The topological polar surface area (TPSA) is 61.0 Å². The van der Waals surface area contributed by atoms with Gasteiger partial charge in [-0.3, -0.25) is 5.10 Å². The molecule has 5 nitrogen and oxygen atoms in total. The van der Waals surface area contributed by atoms with Gasteiger partial charge in [0.15, 0.2) is 0 Å². The lowest BCUT2D eigenvalue weighted by molar-refractivity contribution is 0.209. The van der Waals surface area contributed by atoms with Crippen molar-refractivity contribution in [3.63, 3.8) is 0 Å². The molecule has 3 rings (SSSR count).